The van der Waals surface area contributed by atoms with Gasteiger partial charge < -0.3 is 9.80 Å². The summed E-state index contributed by atoms with van der Waals surface area (Å²) in [6.07, 6.45) is 13.8. The summed E-state index contributed by atoms with van der Waals surface area (Å²) in [5, 5.41) is 0. The molecule has 2 amide bonds. The number of amides is 2. The highest BCUT2D eigenvalue weighted by Crippen LogP contribution is 2.30. The molecule has 2 aliphatic heterocycles. The molecule has 0 saturated carbocycles. The fourth-order valence-electron chi connectivity index (χ4n) is 4.13. The molecule has 0 unspecified atom stereocenters. The highest BCUT2D eigenvalue weighted by molar-refractivity contribution is 5.95. The average molecular weight is 383 g/mol. The van der Waals surface area contributed by atoms with Crippen LogP contribution in [0.25, 0.3) is 0 Å². The number of likely N-dealkylation sites (tertiary alicyclic amines) is 2. The van der Waals surface area contributed by atoms with E-state index in [1.807, 2.05) is 16.7 Å². The van der Waals surface area contributed by atoms with Crippen molar-refractivity contribution in [1.29, 1.82) is 0 Å². The minimum absolute atomic E-state index is 0.0579. The average Bonchev–Trinajstić information content (AvgIpc) is 2.74. The number of hydrogen-bond acceptors (Lipinski definition) is 4. The summed E-state index contributed by atoms with van der Waals surface area (Å²) in [6, 6.07) is 0. The summed E-state index contributed by atoms with van der Waals surface area (Å²) >= 11 is 0. The molecule has 3 heterocycles. The number of nitrogens with zero attached hydrogens (tertiary/aromatic N) is 4. The van der Waals surface area contributed by atoms with Crippen LogP contribution in [0.1, 0.15) is 79.2 Å². The Kier molecular flexibility index (Phi) is 7.02. The second kappa shape index (κ2) is 9.68. The first-order valence-corrected chi connectivity index (χ1v) is 10.4. The fraction of sp³-hybridized carbons (Fsp3) is 0.636. The van der Waals surface area contributed by atoms with E-state index in [4.69, 9.17) is 6.42 Å². The summed E-state index contributed by atoms with van der Waals surface area (Å²) in [5.74, 6) is 3.71. The van der Waals surface area contributed by atoms with Crippen LogP contribution in [-0.2, 0) is 4.79 Å². The van der Waals surface area contributed by atoms with Gasteiger partial charge in [0.2, 0.25) is 5.91 Å². The van der Waals surface area contributed by atoms with Crippen molar-refractivity contribution >= 4 is 11.8 Å². The van der Waals surface area contributed by atoms with E-state index in [2.05, 4.69) is 15.9 Å². The first-order valence-electron chi connectivity index (χ1n) is 10.4. The molecule has 0 aromatic carbocycles. The van der Waals surface area contributed by atoms with Crippen LogP contribution in [0.4, 0.5) is 0 Å². The molecule has 0 spiro atoms. The van der Waals surface area contributed by atoms with Crippen molar-refractivity contribution in [2.75, 3.05) is 26.2 Å². The second-order valence-corrected chi connectivity index (χ2v) is 7.78. The molecule has 6 heteroatoms. The maximum atomic E-state index is 13.1. The van der Waals surface area contributed by atoms with Crippen molar-refractivity contribution in [1.82, 2.24) is 19.8 Å². The molecule has 0 radical (unpaired) electrons. The van der Waals surface area contributed by atoms with Gasteiger partial charge in [0.15, 0.2) is 0 Å². The Balaban J connectivity index is 1.67. The summed E-state index contributed by atoms with van der Waals surface area (Å²) < 4.78 is 0. The van der Waals surface area contributed by atoms with Crippen molar-refractivity contribution in [3.8, 4) is 12.3 Å². The summed E-state index contributed by atoms with van der Waals surface area (Å²) in [4.78, 5) is 38.2. The molecule has 1 aromatic heterocycles. The van der Waals surface area contributed by atoms with Crippen LogP contribution in [0.5, 0.6) is 0 Å². The summed E-state index contributed by atoms with van der Waals surface area (Å²) in [5.41, 5.74) is 1.51. The summed E-state index contributed by atoms with van der Waals surface area (Å²) in [6.45, 7) is 4.91. The van der Waals surface area contributed by atoms with Gasteiger partial charge in [0, 0.05) is 51.1 Å². The molecule has 0 bridgehead atoms. The smallest absolute Gasteiger partial charge is 0.257 e. The van der Waals surface area contributed by atoms with Crippen molar-refractivity contribution in [3.05, 3.63) is 23.3 Å². The number of aryl methyl sites for hydroxylation is 1. The van der Waals surface area contributed by atoms with Gasteiger partial charge in [-0.25, -0.2) is 9.97 Å². The number of aromatic nitrogens is 2. The lowest BCUT2D eigenvalue weighted by Gasteiger charge is -2.33. The standard InChI is InChI=1S/C22H30N4O2/c1-3-4-6-9-20(27)25-14-10-18(11-15-25)21-19(16-23-17(2)24-21)22(28)26-12-7-5-8-13-26/h1,16,18H,4-15H2,2H3. The van der Waals surface area contributed by atoms with Crippen LogP contribution in [-0.4, -0.2) is 57.8 Å². The monoisotopic (exact) mass is 382 g/mol. The van der Waals surface area contributed by atoms with Gasteiger partial charge in [-0.15, -0.1) is 12.3 Å². The van der Waals surface area contributed by atoms with Crippen LogP contribution in [0.2, 0.25) is 0 Å². The van der Waals surface area contributed by atoms with Crippen molar-refractivity contribution in [2.24, 2.45) is 0 Å². The van der Waals surface area contributed by atoms with E-state index >= 15 is 0 Å². The van der Waals surface area contributed by atoms with E-state index in [-0.39, 0.29) is 17.7 Å². The topological polar surface area (TPSA) is 66.4 Å². The van der Waals surface area contributed by atoms with Crippen molar-refractivity contribution in [2.45, 2.75) is 64.2 Å². The Bertz CT molecular complexity index is 741. The minimum atomic E-state index is 0.0579. The van der Waals surface area contributed by atoms with Crippen LogP contribution < -0.4 is 0 Å². The number of carbonyl (C=O) groups is 2. The fourth-order valence-corrected chi connectivity index (χ4v) is 4.13. The molecule has 28 heavy (non-hydrogen) atoms. The molecule has 6 nitrogen and oxygen atoms in total. The Labute approximate surface area is 167 Å². The second-order valence-electron chi connectivity index (χ2n) is 7.78. The van der Waals surface area contributed by atoms with E-state index in [9.17, 15) is 9.59 Å². The van der Waals surface area contributed by atoms with Gasteiger partial charge >= 0.3 is 0 Å². The minimum Gasteiger partial charge on any atom is -0.343 e. The molecule has 0 aliphatic carbocycles. The number of terminal acetylenes is 1. The molecule has 1 aromatic rings. The first kappa shape index (κ1) is 20.3. The Morgan fingerprint density at radius 1 is 1.14 bits per heavy atom. The Morgan fingerprint density at radius 2 is 1.86 bits per heavy atom. The molecular formula is C22H30N4O2. The Morgan fingerprint density at radius 3 is 2.54 bits per heavy atom. The molecule has 2 fully saturated rings. The van der Waals surface area contributed by atoms with E-state index < -0.39 is 0 Å². The van der Waals surface area contributed by atoms with Crippen molar-refractivity contribution < 1.29 is 9.59 Å². The zero-order valence-electron chi connectivity index (χ0n) is 16.8. The van der Waals surface area contributed by atoms with Gasteiger partial charge in [-0.2, -0.15) is 0 Å². The van der Waals surface area contributed by atoms with Crippen LogP contribution >= 0.6 is 0 Å². The Hall–Kier alpha value is -2.42. The number of unbranched alkanes of at least 4 members (excludes halogenated alkanes) is 1. The van der Waals surface area contributed by atoms with E-state index in [1.165, 1.54) is 6.42 Å². The van der Waals surface area contributed by atoms with Gasteiger partial charge in [0.25, 0.3) is 5.91 Å². The lowest BCUT2D eigenvalue weighted by atomic mass is 9.90. The molecule has 150 valence electrons. The highest BCUT2D eigenvalue weighted by Gasteiger charge is 2.29. The van der Waals surface area contributed by atoms with Crippen LogP contribution in [0, 0.1) is 19.3 Å². The number of carbonyl (C=O) groups excluding carboxylic acids is 2. The van der Waals surface area contributed by atoms with Crippen molar-refractivity contribution in [3.63, 3.8) is 0 Å². The zero-order valence-corrected chi connectivity index (χ0v) is 16.8. The largest absolute Gasteiger partial charge is 0.343 e. The lowest BCUT2D eigenvalue weighted by molar-refractivity contribution is -0.132. The third-order valence-electron chi connectivity index (χ3n) is 5.76. The normalized spacial score (nSPS) is 18.0. The lowest BCUT2D eigenvalue weighted by Crippen LogP contribution is -2.39. The number of hydrogen-bond donors (Lipinski definition) is 0. The quantitative estimate of drug-likeness (QED) is 0.580. The maximum absolute atomic E-state index is 13.1. The number of piperidine rings is 2. The predicted octanol–water partition coefficient (Wildman–Crippen LogP) is 2.92. The first-order chi connectivity index (χ1) is 13.6. The third kappa shape index (κ3) is 4.89. The van der Waals surface area contributed by atoms with E-state index in [0.29, 0.717) is 37.3 Å². The van der Waals surface area contributed by atoms with E-state index in [1.54, 1.807) is 6.20 Å². The molecule has 2 aliphatic rings. The molecular weight excluding hydrogens is 352 g/mol. The molecule has 2 saturated heterocycles. The number of rotatable bonds is 5. The predicted molar refractivity (Wildman–Crippen MR) is 108 cm³/mol. The van der Waals surface area contributed by atoms with Gasteiger partial charge in [0.05, 0.1) is 11.3 Å². The molecule has 0 atom stereocenters. The van der Waals surface area contributed by atoms with E-state index in [0.717, 1.165) is 50.9 Å². The zero-order chi connectivity index (χ0) is 19.9. The highest BCUT2D eigenvalue weighted by atomic mass is 16.2. The maximum Gasteiger partial charge on any atom is 0.257 e. The van der Waals surface area contributed by atoms with Gasteiger partial charge in [-0.3, -0.25) is 9.59 Å². The van der Waals surface area contributed by atoms with Gasteiger partial charge in [-0.05, 0) is 45.4 Å². The summed E-state index contributed by atoms with van der Waals surface area (Å²) in [7, 11) is 0. The SMILES string of the molecule is C#CCCCC(=O)N1CCC(c2nc(C)ncc2C(=O)N2CCCCC2)CC1. The van der Waals surface area contributed by atoms with Crippen LogP contribution in [0.3, 0.4) is 0 Å². The third-order valence-corrected chi connectivity index (χ3v) is 5.76. The van der Waals surface area contributed by atoms with Gasteiger partial charge in [-0.1, -0.05) is 0 Å². The molecule has 0 N–H and O–H groups in total. The van der Waals surface area contributed by atoms with Gasteiger partial charge in [0.1, 0.15) is 5.82 Å². The van der Waals surface area contributed by atoms with Crippen LogP contribution in [0.15, 0.2) is 6.20 Å². The molecule has 3 rings (SSSR count).